The maximum atomic E-state index is 3.79. The van der Waals surface area contributed by atoms with Crippen LogP contribution in [0.2, 0.25) is 0 Å². The van der Waals surface area contributed by atoms with E-state index in [0.717, 1.165) is 19.5 Å². The molecule has 2 aliphatic rings. The molecule has 2 nitrogen and oxygen atoms in total. The van der Waals surface area contributed by atoms with Crippen molar-refractivity contribution in [2.24, 2.45) is 5.41 Å². The maximum Gasteiger partial charge on any atom is 0.0421 e. The summed E-state index contributed by atoms with van der Waals surface area (Å²) in [5.74, 6) is 0.625. The van der Waals surface area contributed by atoms with Crippen molar-refractivity contribution in [1.82, 2.24) is 4.90 Å². The van der Waals surface area contributed by atoms with Gasteiger partial charge in [-0.05, 0) is 72.4 Å². The first-order valence-electron chi connectivity index (χ1n) is 11.2. The summed E-state index contributed by atoms with van der Waals surface area (Å²) in [6, 6.07) is 15.9. The highest BCUT2D eigenvalue weighted by Crippen LogP contribution is 2.45. The molecular weight excluding hydrogens is 340 g/mol. The molecule has 2 heterocycles. The van der Waals surface area contributed by atoms with Crippen molar-refractivity contribution < 1.29 is 0 Å². The van der Waals surface area contributed by atoms with E-state index in [1.54, 1.807) is 5.56 Å². The zero-order valence-corrected chi connectivity index (χ0v) is 17.9. The van der Waals surface area contributed by atoms with E-state index in [-0.39, 0.29) is 0 Å². The van der Waals surface area contributed by atoms with Crippen LogP contribution in [-0.2, 0) is 13.0 Å². The first-order valence-corrected chi connectivity index (χ1v) is 11.2. The number of anilines is 1. The fourth-order valence-electron chi connectivity index (χ4n) is 5.10. The second-order valence-corrected chi connectivity index (χ2v) is 9.85. The summed E-state index contributed by atoms with van der Waals surface area (Å²) in [5.41, 5.74) is 7.68. The van der Waals surface area contributed by atoms with Gasteiger partial charge in [0, 0.05) is 18.8 Å². The molecule has 0 amide bonds. The van der Waals surface area contributed by atoms with Crippen LogP contribution in [0.25, 0.3) is 0 Å². The molecule has 0 spiro atoms. The third-order valence-electron chi connectivity index (χ3n) is 6.56. The number of piperidine rings is 1. The minimum atomic E-state index is 0.296. The summed E-state index contributed by atoms with van der Waals surface area (Å²) in [6.45, 7) is 11.9. The summed E-state index contributed by atoms with van der Waals surface area (Å²) in [5, 5.41) is 3.79. The van der Waals surface area contributed by atoms with E-state index in [2.05, 4.69) is 73.5 Å². The van der Waals surface area contributed by atoms with Crippen molar-refractivity contribution in [3.05, 3.63) is 64.7 Å². The first kappa shape index (κ1) is 19.5. The van der Waals surface area contributed by atoms with Crippen LogP contribution < -0.4 is 5.32 Å². The number of nitrogens with zero attached hydrogens (tertiary/aromatic N) is 1. The van der Waals surface area contributed by atoms with Gasteiger partial charge in [0.2, 0.25) is 0 Å². The van der Waals surface area contributed by atoms with E-state index in [4.69, 9.17) is 0 Å². The van der Waals surface area contributed by atoms with Gasteiger partial charge in [0.05, 0.1) is 0 Å². The number of hydrogen-bond donors (Lipinski definition) is 1. The minimum absolute atomic E-state index is 0.296. The third-order valence-corrected chi connectivity index (χ3v) is 6.56. The van der Waals surface area contributed by atoms with Crippen LogP contribution in [0.1, 0.15) is 74.6 Å². The highest BCUT2D eigenvalue weighted by Gasteiger charge is 2.32. The molecule has 0 aliphatic carbocycles. The van der Waals surface area contributed by atoms with Crippen molar-refractivity contribution in [2.45, 2.75) is 65.3 Å². The molecule has 0 bridgehead atoms. The molecule has 2 aromatic rings. The standard InChI is InChI=1S/C26H36N2/c1-26(2,3)24-12-13-27-25-22(19-28-14-8-5-9-15-28)17-21(18-23(24)25)16-20-10-6-4-7-11-20/h4,6-7,10-11,17-18,24,27H,5,8-9,12-16,19H2,1-3H3. The highest BCUT2D eigenvalue weighted by molar-refractivity contribution is 5.63. The Labute approximate surface area is 171 Å². The second kappa shape index (κ2) is 8.29. The molecular formula is C26H36N2. The van der Waals surface area contributed by atoms with Gasteiger partial charge in [0.1, 0.15) is 0 Å². The molecule has 1 atom stereocenters. The molecule has 0 radical (unpaired) electrons. The van der Waals surface area contributed by atoms with Crippen LogP contribution in [0.5, 0.6) is 0 Å². The zero-order valence-electron chi connectivity index (χ0n) is 17.9. The van der Waals surface area contributed by atoms with Gasteiger partial charge in [0.15, 0.2) is 0 Å². The summed E-state index contributed by atoms with van der Waals surface area (Å²) < 4.78 is 0. The molecule has 1 unspecified atom stereocenters. The van der Waals surface area contributed by atoms with Gasteiger partial charge in [0.25, 0.3) is 0 Å². The predicted molar refractivity (Wildman–Crippen MR) is 120 cm³/mol. The van der Waals surface area contributed by atoms with Crippen LogP contribution in [0.15, 0.2) is 42.5 Å². The molecule has 2 heteroatoms. The van der Waals surface area contributed by atoms with E-state index < -0.39 is 0 Å². The van der Waals surface area contributed by atoms with Crippen LogP contribution in [0.3, 0.4) is 0 Å². The number of rotatable bonds is 4. The Morgan fingerprint density at radius 3 is 2.43 bits per heavy atom. The lowest BCUT2D eigenvalue weighted by Crippen LogP contribution is -2.31. The van der Waals surface area contributed by atoms with Gasteiger partial charge < -0.3 is 5.32 Å². The number of likely N-dealkylation sites (tertiary alicyclic amines) is 1. The number of benzene rings is 2. The molecule has 28 heavy (non-hydrogen) atoms. The van der Waals surface area contributed by atoms with Gasteiger partial charge >= 0.3 is 0 Å². The van der Waals surface area contributed by atoms with Crippen molar-refractivity contribution in [2.75, 3.05) is 25.0 Å². The van der Waals surface area contributed by atoms with Gasteiger partial charge in [-0.1, -0.05) is 69.7 Å². The van der Waals surface area contributed by atoms with E-state index in [1.165, 1.54) is 61.2 Å². The average Bonchev–Trinajstić information content (AvgIpc) is 2.68. The monoisotopic (exact) mass is 376 g/mol. The lowest BCUT2D eigenvalue weighted by molar-refractivity contribution is 0.221. The van der Waals surface area contributed by atoms with E-state index >= 15 is 0 Å². The Morgan fingerprint density at radius 1 is 0.964 bits per heavy atom. The Morgan fingerprint density at radius 2 is 1.71 bits per heavy atom. The molecule has 1 N–H and O–H groups in total. The summed E-state index contributed by atoms with van der Waals surface area (Å²) in [4.78, 5) is 2.66. The van der Waals surface area contributed by atoms with Crippen molar-refractivity contribution in [1.29, 1.82) is 0 Å². The zero-order chi connectivity index (χ0) is 19.6. The molecule has 0 aromatic heterocycles. The van der Waals surface area contributed by atoms with Gasteiger partial charge in [-0.3, -0.25) is 4.90 Å². The molecule has 4 rings (SSSR count). The smallest absolute Gasteiger partial charge is 0.0421 e. The summed E-state index contributed by atoms with van der Waals surface area (Å²) in [7, 11) is 0. The van der Waals surface area contributed by atoms with Gasteiger partial charge in [-0.15, -0.1) is 0 Å². The topological polar surface area (TPSA) is 15.3 Å². The molecule has 0 saturated carbocycles. The Balaban J connectivity index is 1.71. The first-order chi connectivity index (χ1) is 13.5. The number of hydrogen-bond acceptors (Lipinski definition) is 2. The third kappa shape index (κ3) is 4.43. The fraction of sp³-hybridized carbons (Fsp3) is 0.538. The van der Waals surface area contributed by atoms with E-state index in [9.17, 15) is 0 Å². The predicted octanol–water partition coefficient (Wildman–Crippen LogP) is 6.21. The van der Waals surface area contributed by atoms with Crippen LogP contribution in [0.4, 0.5) is 5.69 Å². The number of fused-ring (bicyclic) bond motifs is 1. The van der Waals surface area contributed by atoms with E-state index in [1.807, 2.05) is 0 Å². The largest absolute Gasteiger partial charge is 0.385 e. The minimum Gasteiger partial charge on any atom is -0.385 e. The molecule has 1 saturated heterocycles. The Kier molecular flexibility index (Phi) is 5.78. The molecule has 2 aromatic carbocycles. The van der Waals surface area contributed by atoms with Gasteiger partial charge in [-0.25, -0.2) is 0 Å². The lowest BCUT2D eigenvalue weighted by atomic mass is 9.72. The summed E-state index contributed by atoms with van der Waals surface area (Å²) in [6.07, 6.45) is 6.35. The summed E-state index contributed by atoms with van der Waals surface area (Å²) >= 11 is 0. The maximum absolute atomic E-state index is 3.79. The van der Waals surface area contributed by atoms with Crippen molar-refractivity contribution >= 4 is 5.69 Å². The van der Waals surface area contributed by atoms with Crippen molar-refractivity contribution in [3.63, 3.8) is 0 Å². The fourth-order valence-corrected chi connectivity index (χ4v) is 5.10. The van der Waals surface area contributed by atoms with Crippen LogP contribution >= 0.6 is 0 Å². The van der Waals surface area contributed by atoms with Crippen LogP contribution in [0, 0.1) is 5.41 Å². The normalized spacial score (nSPS) is 20.5. The van der Waals surface area contributed by atoms with Gasteiger partial charge in [-0.2, -0.15) is 0 Å². The van der Waals surface area contributed by atoms with Crippen molar-refractivity contribution in [3.8, 4) is 0 Å². The Hall–Kier alpha value is -1.80. The molecule has 150 valence electrons. The van der Waals surface area contributed by atoms with E-state index in [0.29, 0.717) is 11.3 Å². The number of nitrogens with one attached hydrogen (secondary N) is 1. The van der Waals surface area contributed by atoms with Crippen LogP contribution in [-0.4, -0.2) is 24.5 Å². The quantitative estimate of drug-likeness (QED) is 0.682. The Bertz CT molecular complexity index is 782. The lowest BCUT2D eigenvalue weighted by Gasteiger charge is -2.38. The second-order valence-electron chi connectivity index (χ2n) is 9.85. The SMILES string of the molecule is CC(C)(C)C1CCNc2c(CN3CCCCC3)cc(Cc3ccccc3)cc21. The highest BCUT2D eigenvalue weighted by atomic mass is 15.1. The average molecular weight is 377 g/mol. The molecule has 1 fully saturated rings. The molecule has 2 aliphatic heterocycles.